The first kappa shape index (κ1) is 16.2. The predicted molar refractivity (Wildman–Crippen MR) is 91.4 cm³/mol. The number of amides is 2. The Bertz CT molecular complexity index is 686. The number of nitrogens with zero attached hydrogens (tertiary/aromatic N) is 2. The van der Waals surface area contributed by atoms with E-state index in [2.05, 4.69) is 0 Å². The minimum absolute atomic E-state index is 0.00840. The van der Waals surface area contributed by atoms with Gasteiger partial charge in [-0.3, -0.25) is 9.59 Å². The Morgan fingerprint density at radius 2 is 1.92 bits per heavy atom. The molecule has 6 heteroatoms. The second-order valence-electron chi connectivity index (χ2n) is 7.05. The Morgan fingerprint density at radius 1 is 1.16 bits per heavy atom. The lowest BCUT2D eigenvalue weighted by molar-refractivity contribution is -0.143. The van der Waals surface area contributed by atoms with Crippen LogP contribution in [0.3, 0.4) is 0 Å². The normalized spacial score (nSPS) is 22.0. The van der Waals surface area contributed by atoms with Crippen LogP contribution >= 0.6 is 0 Å². The van der Waals surface area contributed by atoms with Gasteiger partial charge in [-0.25, -0.2) is 0 Å². The molecule has 2 fully saturated rings. The molecule has 2 aliphatic heterocycles. The Kier molecular flexibility index (Phi) is 4.27. The Balaban J connectivity index is 1.52. The summed E-state index contributed by atoms with van der Waals surface area (Å²) in [6, 6.07) is 5.88. The van der Waals surface area contributed by atoms with Gasteiger partial charge in [0, 0.05) is 26.1 Å². The van der Waals surface area contributed by atoms with Crippen molar-refractivity contribution in [1.29, 1.82) is 0 Å². The molecular weight excluding hydrogens is 320 g/mol. The molecule has 4 rings (SSSR count). The highest BCUT2D eigenvalue weighted by molar-refractivity contribution is 5.88. The van der Waals surface area contributed by atoms with E-state index < -0.39 is 0 Å². The monoisotopic (exact) mass is 344 g/mol. The van der Waals surface area contributed by atoms with Crippen molar-refractivity contribution >= 4 is 11.8 Å². The van der Waals surface area contributed by atoms with Crippen molar-refractivity contribution in [3.8, 4) is 11.5 Å². The molecule has 1 aliphatic carbocycles. The fourth-order valence-electron chi connectivity index (χ4n) is 3.75. The van der Waals surface area contributed by atoms with Crippen molar-refractivity contribution in [3.63, 3.8) is 0 Å². The molecular formula is C19H24N2O4. The molecule has 6 nitrogen and oxygen atoms in total. The zero-order valence-electron chi connectivity index (χ0n) is 14.6. The zero-order valence-corrected chi connectivity index (χ0v) is 14.6. The largest absolute Gasteiger partial charge is 0.486 e. The van der Waals surface area contributed by atoms with Gasteiger partial charge in [0.15, 0.2) is 11.5 Å². The predicted octanol–water partition coefficient (Wildman–Crippen LogP) is 1.96. The smallest absolute Gasteiger partial charge is 0.245 e. The molecule has 134 valence electrons. The number of carbonyl (C=O) groups excluding carboxylic acids is 2. The molecule has 2 amide bonds. The molecule has 2 heterocycles. The van der Waals surface area contributed by atoms with Crippen LogP contribution in [0.25, 0.3) is 0 Å². The van der Waals surface area contributed by atoms with Crippen molar-refractivity contribution in [2.45, 2.75) is 51.2 Å². The van der Waals surface area contributed by atoms with Crippen molar-refractivity contribution in [3.05, 3.63) is 23.8 Å². The van der Waals surface area contributed by atoms with Crippen molar-refractivity contribution in [2.24, 2.45) is 0 Å². The van der Waals surface area contributed by atoms with Crippen molar-refractivity contribution < 1.29 is 19.1 Å². The van der Waals surface area contributed by atoms with Gasteiger partial charge in [-0.05, 0) is 43.4 Å². The number of hydrogen-bond acceptors (Lipinski definition) is 4. The molecule has 1 saturated carbocycles. The summed E-state index contributed by atoms with van der Waals surface area (Å²) in [4.78, 5) is 28.6. The van der Waals surface area contributed by atoms with Gasteiger partial charge in [-0.15, -0.1) is 0 Å². The van der Waals surface area contributed by atoms with Crippen LogP contribution in [0.15, 0.2) is 18.2 Å². The number of benzene rings is 1. The Labute approximate surface area is 147 Å². The van der Waals surface area contributed by atoms with Gasteiger partial charge in [0.1, 0.15) is 19.3 Å². The highest BCUT2D eigenvalue weighted by Crippen LogP contribution is 2.34. The van der Waals surface area contributed by atoms with E-state index in [1.54, 1.807) is 11.8 Å². The van der Waals surface area contributed by atoms with Crippen LogP contribution in [0.4, 0.5) is 0 Å². The van der Waals surface area contributed by atoms with Crippen LogP contribution in [0.5, 0.6) is 11.5 Å². The summed E-state index contributed by atoms with van der Waals surface area (Å²) in [7, 11) is 0. The average Bonchev–Trinajstić information content (AvgIpc) is 3.33. The Morgan fingerprint density at radius 3 is 2.64 bits per heavy atom. The minimum atomic E-state index is -0.296. The number of carbonyl (C=O) groups is 2. The van der Waals surface area contributed by atoms with Gasteiger partial charge in [0.25, 0.3) is 0 Å². The maximum absolute atomic E-state index is 13.1. The molecule has 25 heavy (non-hydrogen) atoms. The van der Waals surface area contributed by atoms with Gasteiger partial charge in [0.2, 0.25) is 11.8 Å². The number of ether oxygens (including phenoxy) is 2. The van der Waals surface area contributed by atoms with E-state index >= 15 is 0 Å². The van der Waals surface area contributed by atoms with Gasteiger partial charge in [-0.1, -0.05) is 6.07 Å². The molecule has 0 bridgehead atoms. The first-order valence-corrected chi connectivity index (χ1v) is 9.09. The molecule has 0 unspecified atom stereocenters. The van der Waals surface area contributed by atoms with Crippen LogP contribution in [0.1, 0.15) is 38.2 Å². The summed E-state index contributed by atoms with van der Waals surface area (Å²) in [5.74, 6) is 1.59. The summed E-state index contributed by atoms with van der Waals surface area (Å²) < 4.78 is 11.2. The summed E-state index contributed by atoms with van der Waals surface area (Å²) in [6.07, 6.45) is 3.76. The average molecular weight is 344 g/mol. The summed E-state index contributed by atoms with van der Waals surface area (Å²) >= 11 is 0. The first-order chi connectivity index (χ1) is 12.1. The second kappa shape index (κ2) is 6.58. The third-order valence-electron chi connectivity index (χ3n) is 5.17. The van der Waals surface area contributed by atoms with Gasteiger partial charge < -0.3 is 19.3 Å². The standard InChI is InChI=1S/C19H24N2O4/c1-13(22)20-8-2-3-16(20)19(23)21(15-5-6-15)12-14-4-7-17-18(11-14)25-10-9-24-17/h4,7,11,15-16H,2-3,5-6,8-10,12H2,1H3/t16-/m0/s1. The van der Waals surface area contributed by atoms with Crippen LogP contribution in [-0.4, -0.2) is 53.5 Å². The Hall–Kier alpha value is -2.24. The molecule has 1 aromatic carbocycles. The van der Waals surface area contributed by atoms with Crippen LogP contribution in [-0.2, 0) is 16.1 Å². The lowest BCUT2D eigenvalue weighted by atomic mass is 10.1. The van der Waals surface area contributed by atoms with E-state index in [0.717, 1.165) is 42.7 Å². The first-order valence-electron chi connectivity index (χ1n) is 9.09. The second-order valence-corrected chi connectivity index (χ2v) is 7.05. The van der Waals surface area contributed by atoms with E-state index in [-0.39, 0.29) is 17.9 Å². The van der Waals surface area contributed by atoms with E-state index in [0.29, 0.717) is 32.3 Å². The molecule has 3 aliphatic rings. The van der Waals surface area contributed by atoms with Crippen LogP contribution in [0.2, 0.25) is 0 Å². The lowest BCUT2D eigenvalue weighted by Gasteiger charge is -2.30. The quantitative estimate of drug-likeness (QED) is 0.838. The van der Waals surface area contributed by atoms with E-state index in [1.165, 1.54) is 0 Å². The molecule has 0 aromatic heterocycles. The van der Waals surface area contributed by atoms with E-state index in [1.807, 2.05) is 23.1 Å². The SMILES string of the molecule is CC(=O)N1CCC[C@H]1C(=O)N(Cc1ccc2c(c1)OCCO2)C1CC1. The van der Waals surface area contributed by atoms with Crippen LogP contribution < -0.4 is 9.47 Å². The highest BCUT2D eigenvalue weighted by atomic mass is 16.6. The summed E-state index contributed by atoms with van der Waals surface area (Å²) in [6.45, 7) is 3.92. The highest BCUT2D eigenvalue weighted by Gasteiger charge is 2.40. The fraction of sp³-hybridized carbons (Fsp3) is 0.579. The molecule has 0 spiro atoms. The number of rotatable bonds is 4. The maximum Gasteiger partial charge on any atom is 0.245 e. The maximum atomic E-state index is 13.1. The van der Waals surface area contributed by atoms with Gasteiger partial charge in [-0.2, -0.15) is 0 Å². The minimum Gasteiger partial charge on any atom is -0.486 e. The lowest BCUT2D eigenvalue weighted by Crippen LogP contribution is -2.47. The van der Waals surface area contributed by atoms with E-state index in [9.17, 15) is 9.59 Å². The van der Waals surface area contributed by atoms with Crippen molar-refractivity contribution in [2.75, 3.05) is 19.8 Å². The zero-order chi connectivity index (χ0) is 17.4. The fourth-order valence-corrected chi connectivity index (χ4v) is 3.75. The molecule has 0 radical (unpaired) electrons. The number of fused-ring (bicyclic) bond motifs is 1. The molecule has 1 saturated heterocycles. The van der Waals surface area contributed by atoms with Gasteiger partial charge >= 0.3 is 0 Å². The van der Waals surface area contributed by atoms with Crippen LogP contribution in [0, 0.1) is 0 Å². The topological polar surface area (TPSA) is 59.1 Å². The molecule has 0 N–H and O–H groups in total. The molecule has 1 atom stereocenters. The third-order valence-corrected chi connectivity index (χ3v) is 5.17. The summed E-state index contributed by atoms with van der Waals surface area (Å²) in [5.41, 5.74) is 1.04. The van der Waals surface area contributed by atoms with Gasteiger partial charge in [0.05, 0.1) is 0 Å². The number of likely N-dealkylation sites (tertiary alicyclic amines) is 1. The third kappa shape index (κ3) is 3.30. The van der Waals surface area contributed by atoms with E-state index in [4.69, 9.17) is 9.47 Å². The molecule has 1 aromatic rings. The number of hydrogen-bond donors (Lipinski definition) is 0. The summed E-state index contributed by atoms with van der Waals surface area (Å²) in [5, 5.41) is 0. The van der Waals surface area contributed by atoms with Crippen molar-refractivity contribution in [1.82, 2.24) is 9.80 Å².